The molecule has 2 aromatic rings. The number of hydrogen-bond donors (Lipinski definition) is 1. The fourth-order valence-electron chi connectivity index (χ4n) is 2.59. The molecule has 0 amide bonds. The minimum Gasteiger partial charge on any atom is -0.319 e. The molecule has 1 nitrogen and oxygen atoms in total. The predicted octanol–water partition coefficient (Wildman–Crippen LogP) is 5.03. The first-order chi connectivity index (χ1) is 10.1. The van der Waals surface area contributed by atoms with Crippen molar-refractivity contribution in [3.63, 3.8) is 0 Å². The van der Waals surface area contributed by atoms with Crippen LogP contribution in [0.15, 0.2) is 46.9 Å². The molecule has 21 heavy (non-hydrogen) atoms. The van der Waals surface area contributed by atoms with Crippen molar-refractivity contribution in [3.8, 4) is 0 Å². The molecule has 1 unspecified atom stereocenters. The molecule has 0 heterocycles. The van der Waals surface area contributed by atoms with Gasteiger partial charge in [-0.2, -0.15) is 0 Å². The Bertz CT molecular complexity index is 580. The van der Waals surface area contributed by atoms with Crippen LogP contribution in [-0.4, -0.2) is 13.6 Å². The van der Waals surface area contributed by atoms with Gasteiger partial charge >= 0.3 is 0 Å². The zero-order valence-corrected chi connectivity index (χ0v) is 14.8. The highest BCUT2D eigenvalue weighted by Crippen LogP contribution is 2.23. The summed E-state index contributed by atoms with van der Waals surface area (Å²) in [6.45, 7) is 3.06. The van der Waals surface area contributed by atoms with Crippen molar-refractivity contribution in [1.82, 2.24) is 5.32 Å². The molecule has 0 saturated carbocycles. The summed E-state index contributed by atoms with van der Waals surface area (Å²) in [5.41, 5.74) is 3.81. The van der Waals surface area contributed by atoms with E-state index in [1.54, 1.807) is 0 Å². The van der Waals surface area contributed by atoms with Crippen LogP contribution in [0.25, 0.3) is 0 Å². The van der Waals surface area contributed by atoms with Gasteiger partial charge in [0.2, 0.25) is 0 Å². The van der Waals surface area contributed by atoms with Crippen LogP contribution in [0.3, 0.4) is 0 Å². The lowest BCUT2D eigenvalue weighted by atomic mass is 9.92. The van der Waals surface area contributed by atoms with Crippen LogP contribution < -0.4 is 5.32 Å². The lowest BCUT2D eigenvalue weighted by Gasteiger charge is -2.18. The molecule has 0 saturated heterocycles. The number of hydrogen-bond acceptors (Lipinski definition) is 1. The molecule has 0 aliphatic heterocycles. The number of halogens is 2. The molecule has 0 spiro atoms. The monoisotopic (exact) mass is 365 g/mol. The quantitative estimate of drug-likeness (QED) is 0.756. The maximum atomic E-state index is 6.37. The van der Waals surface area contributed by atoms with E-state index in [0.29, 0.717) is 5.92 Å². The van der Waals surface area contributed by atoms with E-state index in [9.17, 15) is 0 Å². The van der Waals surface area contributed by atoms with Gasteiger partial charge < -0.3 is 5.32 Å². The molecule has 1 N–H and O–H groups in total. The van der Waals surface area contributed by atoms with Crippen molar-refractivity contribution in [2.24, 2.45) is 5.92 Å². The third-order valence-electron chi connectivity index (χ3n) is 3.65. The Morgan fingerprint density at radius 2 is 1.81 bits per heavy atom. The molecular formula is C18H21BrClN. The molecule has 3 heteroatoms. The normalized spacial score (nSPS) is 12.4. The van der Waals surface area contributed by atoms with Gasteiger partial charge in [0.25, 0.3) is 0 Å². The third kappa shape index (κ3) is 5.14. The largest absolute Gasteiger partial charge is 0.319 e. The second-order valence-electron chi connectivity index (χ2n) is 5.55. The highest BCUT2D eigenvalue weighted by atomic mass is 79.9. The molecule has 1 atom stereocenters. The summed E-state index contributed by atoms with van der Waals surface area (Å²) in [5.74, 6) is 0.538. The van der Waals surface area contributed by atoms with Crippen LogP contribution in [0.4, 0.5) is 0 Å². The fraction of sp³-hybridized carbons (Fsp3) is 0.333. The Hall–Kier alpha value is -0.830. The maximum absolute atomic E-state index is 6.37. The summed E-state index contributed by atoms with van der Waals surface area (Å²) in [6, 6.07) is 14.9. The minimum atomic E-state index is 0.538. The van der Waals surface area contributed by atoms with Crippen molar-refractivity contribution < 1.29 is 0 Å². The van der Waals surface area contributed by atoms with E-state index in [1.807, 2.05) is 13.1 Å². The van der Waals surface area contributed by atoms with E-state index < -0.39 is 0 Å². The maximum Gasteiger partial charge on any atom is 0.0440 e. The zero-order chi connectivity index (χ0) is 15.2. The van der Waals surface area contributed by atoms with Gasteiger partial charge in [0.15, 0.2) is 0 Å². The topological polar surface area (TPSA) is 12.0 Å². The van der Waals surface area contributed by atoms with Crippen LogP contribution in [0, 0.1) is 12.8 Å². The lowest BCUT2D eigenvalue weighted by molar-refractivity contribution is 0.493. The van der Waals surface area contributed by atoms with Gasteiger partial charge in [0, 0.05) is 9.50 Å². The summed E-state index contributed by atoms with van der Waals surface area (Å²) in [5, 5.41) is 4.18. The van der Waals surface area contributed by atoms with E-state index in [2.05, 4.69) is 64.6 Å². The summed E-state index contributed by atoms with van der Waals surface area (Å²) in [7, 11) is 2.01. The Morgan fingerprint density at radius 1 is 1.10 bits per heavy atom. The van der Waals surface area contributed by atoms with Gasteiger partial charge in [0.1, 0.15) is 0 Å². The number of rotatable bonds is 6. The van der Waals surface area contributed by atoms with E-state index in [1.165, 1.54) is 16.7 Å². The molecule has 0 aliphatic rings. The first-order valence-corrected chi connectivity index (χ1v) is 8.39. The Morgan fingerprint density at radius 3 is 2.43 bits per heavy atom. The summed E-state index contributed by atoms with van der Waals surface area (Å²) in [6.07, 6.45) is 2.05. The van der Waals surface area contributed by atoms with Crippen LogP contribution in [0.2, 0.25) is 5.02 Å². The average molecular weight is 367 g/mol. The summed E-state index contributed by atoms with van der Waals surface area (Å²) >= 11 is 9.85. The molecule has 2 aromatic carbocycles. The minimum absolute atomic E-state index is 0.538. The Kier molecular flexibility index (Phi) is 6.28. The highest BCUT2D eigenvalue weighted by molar-refractivity contribution is 9.10. The van der Waals surface area contributed by atoms with Gasteiger partial charge in [-0.15, -0.1) is 0 Å². The standard InChI is InChI=1S/C18H21BrClN/c1-13-3-6-16(18(20)9-13)11-15(12-21-2)10-14-4-7-17(19)8-5-14/h3-9,15,21H,10-12H2,1-2H3. The molecular weight excluding hydrogens is 346 g/mol. The number of nitrogens with one attached hydrogen (secondary N) is 1. The number of aryl methyl sites for hydroxylation is 1. The molecule has 0 aliphatic carbocycles. The van der Waals surface area contributed by atoms with Crippen molar-refractivity contribution >= 4 is 27.5 Å². The molecule has 0 aromatic heterocycles. The first-order valence-electron chi connectivity index (χ1n) is 7.22. The predicted molar refractivity (Wildman–Crippen MR) is 95.2 cm³/mol. The number of benzene rings is 2. The van der Waals surface area contributed by atoms with Crippen molar-refractivity contribution in [1.29, 1.82) is 0 Å². The van der Waals surface area contributed by atoms with E-state index in [0.717, 1.165) is 28.9 Å². The first kappa shape index (κ1) is 16.5. The lowest BCUT2D eigenvalue weighted by Crippen LogP contribution is -2.23. The smallest absolute Gasteiger partial charge is 0.0440 e. The second-order valence-corrected chi connectivity index (χ2v) is 6.88. The van der Waals surface area contributed by atoms with Crippen molar-refractivity contribution in [3.05, 3.63) is 68.7 Å². The summed E-state index contributed by atoms with van der Waals surface area (Å²) < 4.78 is 1.12. The van der Waals surface area contributed by atoms with Crippen LogP contribution in [-0.2, 0) is 12.8 Å². The second kappa shape index (κ2) is 7.98. The fourth-order valence-corrected chi connectivity index (χ4v) is 3.16. The van der Waals surface area contributed by atoms with Crippen molar-refractivity contribution in [2.75, 3.05) is 13.6 Å². The molecule has 0 fully saturated rings. The zero-order valence-electron chi connectivity index (χ0n) is 12.5. The van der Waals surface area contributed by atoms with Gasteiger partial charge in [0.05, 0.1) is 0 Å². The van der Waals surface area contributed by atoms with Gasteiger partial charge in [-0.05, 0) is 74.2 Å². The Labute approximate surface area is 140 Å². The molecule has 0 radical (unpaired) electrons. The highest BCUT2D eigenvalue weighted by Gasteiger charge is 2.12. The van der Waals surface area contributed by atoms with Gasteiger partial charge in [-0.25, -0.2) is 0 Å². The van der Waals surface area contributed by atoms with E-state index in [4.69, 9.17) is 11.6 Å². The SMILES string of the molecule is CNCC(Cc1ccc(Br)cc1)Cc1ccc(C)cc1Cl. The average Bonchev–Trinajstić information content (AvgIpc) is 2.44. The molecule has 2 rings (SSSR count). The van der Waals surface area contributed by atoms with Crippen LogP contribution >= 0.6 is 27.5 Å². The molecule has 112 valence electrons. The Balaban J connectivity index is 2.09. The van der Waals surface area contributed by atoms with Gasteiger partial charge in [-0.1, -0.05) is 51.8 Å². The van der Waals surface area contributed by atoms with E-state index >= 15 is 0 Å². The van der Waals surface area contributed by atoms with Crippen LogP contribution in [0.5, 0.6) is 0 Å². The summed E-state index contributed by atoms with van der Waals surface area (Å²) in [4.78, 5) is 0. The van der Waals surface area contributed by atoms with Crippen LogP contribution in [0.1, 0.15) is 16.7 Å². The van der Waals surface area contributed by atoms with E-state index in [-0.39, 0.29) is 0 Å². The third-order valence-corrected chi connectivity index (χ3v) is 4.53. The van der Waals surface area contributed by atoms with Gasteiger partial charge in [-0.3, -0.25) is 0 Å². The molecule has 0 bridgehead atoms. The van der Waals surface area contributed by atoms with Crippen molar-refractivity contribution in [2.45, 2.75) is 19.8 Å².